The van der Waals surface area contributed by atoms with Crippen molar-refractivity contribution in [3.8, 4) is 5.75 Å². The number of rotatable bonds is 6. The van der Waals surface area contributed by atoms with Gasteiger partial charge in [-0.25, -0.2) is 0 Å². The summed E-state index contributed by atoms with van der Waals surface area (Å²) in [6, 6.07) is 26.8. The van der Waals surface area contributed by atoms with Crippen molar-refractivity contribution in [3.63, 3.8) is 0 Å². The van der Waals surface area contributed by atoms with Gasteiger partial charge in [0.1, 0.15) is 5.75 Å². The average molecular weight is 377 g/mol. The molecular formula is C23H24N2OS. The van der Waals surface area contributed by atoms with Crippen LogP contribution in [0.2, 0.25) is 0 Å². The molecule has 3 nitrogen and oxygen atoms in total. The van der Waals surface area contributed by atoms with Crippen LogP contribution in [0.1, 0.15) is 16.7 Å². The van der Waals surface area contributed by atoms with E-state index in [-0.39, 0.29) is 0 Å². The van der Waals surface area contributed by atoms with Gasteiger partial charge in [0.05, 0.1) is 7.11 Å². The molecule has 3 rings (SSSR count). The maximum atomic E-state index is 5.74. The van der Waals surface area contributed by atoms with Crippen molar-refractivity contribution in [2.75, 3.05) is 12.4 Å². The lowest BCUT2D eigenvalue weighted by Gasteiger charge is -2.26. The van der Waals surface area contributed by atoms with Gasteiger partial charge in [-0.05, 0) is 41.9 Å². The number of thiocarbonyl (C=S) groups is 1. The van der Waals surface area contributed by atoms with Gasteiger partial charge >= 0.3 is 0 Å². The fraction of sp³-hybridized carbons (Fsp3) is 0.174. The Labute approximate surface area is 166 Å². The molecule has 0 heterocycles. The van der Waals surface area contributed by atoms with Crippen LogP contribution in [0.4, 0.5) is 5.69 Å². The van der Waals surface area contributed by atoms with Crippen LogP contribution >= 0.6 is 12.2 Å². The molecule has 0 radical (unpaired) electrons. The molecule has 0 bridgehead atoms. The summed E-state index contributed by atoms with van der Waals surface area (Å²) >= 11 is 5.74. The van der Waals surface area contributed by atoms with Crippen molar-refractivity contribution in [2.24, 2.45) is 0 Å². The Morgan fingerprint density at radius 3 is 1.96 bits per heavy atom. The molecule has 0 aliphatic rings. The summed E-state index contributed by atoms with van der Waals surface area (Å²) in [6.07, 6.45) is 0. The smallest absolute Gasteiger partial charge is 0.174 e. The molecule has 0 spiro atoms. The summed E-state index contributed by atoms with van der Waals surface area (Å²) in [5.41, 5.74) is 4.46. The Hall–Kier alpha value is -2.85. The van der Waals surface area contributed by atoms with E-state index in [1.54, 1.807) is 7.11 Å². The van der Waals surface area contributed by atoms with Gasteiger partial charge in [-0.2, -0.15) is 0 Å². The van der Waals surface area contributed by atoms with Crippen LogP contribution in [0.3, 0.4) is 0 Å². The highest BCUT2D eigenvalue weighted by Crippen LogP contribution is 2.23. The molecule has 0 aliphatic carbocycles. The summed E-state index contributed by atoms with van der Waals surface area (Å²) in [4.78, 5) is 2.17. The van der Waals surface area contributed by atoms with Crippen molar-refractivity contribution in [1.29, 1.82) is 0 Å². The van der Waals surface area contributed by atoms with Gasteiger partial charge in [0, 0.05) is 24.8 Å². The second-order valence-corrected chi connectivity index (χ2v) is 6.83. The van der Waals surface area contributed by atoms with E-state index in [9.17, 15) is 0 Å². The van der Waals surface area contributed by atoms with Crippen molar-refractivity contribution < 1.29 is 4.74 Å². The topological polar surface area (TPSA) is 24.5 Å². The number of nitrogens with one attached hydrogen (secondary N) is 1. The van der Waals surface area contributed by atoms with Crippen LogP contribution < -0.4 is 10.1 Å². The molecule has 4 heteroatoms. The van der Waals surface area contributed by atoms with Crippen LogP contribution in [0.25, 0.3) is 0 Å². The molecule has 0 aromatic heterocycles. The second-order valence-electron chi connectivity index (χ2n) is 6.44. The summed E-state index contributed by atoms with van der Waals surface area (Å²) in [5.74, 6) is 0.848. The van der Waals surface area contributed by atoms with Gasteiger partial charge in [0.2, 0.25) is 0 Å². The molecule has 0 atom stereocenters. The first-order chi connectivity index (χ1) is 13.2. The van der Waals surface area contributed by atoms with Crippen molar-refractivity contribution >= 4 is 23.0 Å². The fourth-order valence-electron chi connectivity index (χ4n) is 2.91. The maximum Gasteiger partial charge on any atom is 0.174 e. The molecule has 0 unspecified atom stereocenters. The van der Waals surface area contributed by atoms with E-state index >= 15 is 0 Å². The van der Waals surface area contributed by atoms with E-state index in [1.807, 2.05) is 37.3 Å². The molecular weight excluding hydrogens is 352 g/mol. The molecule has 3 aromatic rings. The molecule has 0 fully saturated rings. The molecule has 0 aliphatic heterocycles. The van der Waals surface area contributed by atoms with E-state index in [4.69, 9.17) is 17.0 Å². The van der Waals surface area contributed by atoms with Gasteiger partial charge in [0.25, 0.3) is 0 Å². The molecule has 1 N–H and O–H groups in total. The van der Waals surface area contributed by atoms with E-state index < -0.39 is 0 Å². The first-order valence-electron chi connectivity index (χ1n) is 8.94. The quantitative estimate of drug-likeness (QED) is 0.582. The van der Waals surface area contributed by atoms with E-state index in [1.165, 1.54) is 11.1 Å². The highest BCUT2D eigenvalue weighted by Gasteiger charge is 2.12. The molecule has 3 aromatic carbocycles. The van der Waals surface area contributed by atoms with Crippen LogP contribution in [0.5, 0.6) is 5.75 Å². The largest absolute Gasteiger partial charge is 0.496 e. The maximum absolute atomic E-state index is 5.74. The van der Waals surface area contributed by atoms with E-state index in [0.29, 0.717) is 5.11 Å². The zero-order chi connectivity index (χ0) is 19.1. The van der Waals surface area contributed by atoms with E-state index in [0.717, 1.165) is 30.1 Å². The predicted molar refractivity (Wildman–Crippen MR) is 116 cm³/mol. The standard InChI is InChI=1S/C23H24N2OS/c1-18-13-14-21(15-22(18)26-2)24-23(27)25(16-19-9-5-3-6-10-19)17-20-11-7-4-8-12-20/h3-15H,16-17H2,1-2H3,(H,24,27). The lowest BCUT2D eigenvalue weighted by molar-refractivity contribution is 0.410. The number of aryl methyl sites for hydroxylation is 1. The van der Waals surface area contributed by atoms with E-state index in [2.05, 4.69) is 58.7 Å². The van der Waals surface area contributed by atoms with Crippen LogP contribution in [0.15, 0.2) is 78.9 Å². The number of nitrogens with zero attached hydrogens (tertiary/aromatic N) is 1. The van der Waals surface area contributed by atoms with Gasteiger partial charge < -0.3 is 15.0 Å². The van der Waals surface area contributed by atoms with Gasteiger partial charge in [-0.15, -0.1) is 0 Å². The number of ether oxygens (including phenoxy) is 1. The van der Waals surface area contributed by atoms with Crippen LogP contribution in [-0.2, 0) is 13.1 Å². The van der Waals surface area contributed by atoms with Gasteiger partial charge in [0.15, 0.2) is 5.11 Å². The lowest BCUT2D eigenvalue weighted by Crippen LogP contribution is -2.33. The number of hydrogen-bond acceptors (Lipinski definition) is 2. The Morgan fingerprint density at radius 2 is 1.44 bits per heavy atom. The van der Waals surface area contributed by atoms with Gasteiger partial charge in [-0.1, -0.05) is 66.7 Å². The van der Waals surface area contributed by atoms with Crippen LogP contribution in [-0.4, -0.2) is 17.1 Å². The summed E-state index contributed by atoms with van der Waals surface area (Å²) in [7, 11) is 1.68. The minimum absolute atomic E-state index is 0.689. The highest BCUT2D eigenvalue weighted by atomic mass is 32.1. The molecule has 0 amide bonds. The van der Waals surface area contributed by atoms with Gasteiger partial charge in [-0.3, -0.25) is 0 Å². The fourth-order valence-corrected chi connectivity index (χ4v) is 3.15. The Morgan fingerprint density at radius 1 is 0.889 bits per heavy atom. The highest BCUT2D eigenvalue weighted by molar-refractivity contribution is 7.80. The minimum Gasteiger partial charge on any atom is -0.496 e. The Bertz CT molecular complexity index is 840. The Balaban J connectivity index is 1.79. The zero-order valence-electron chi connectivity index (χ0n) is 15.7. The Kier molecular flexibility index (Phi) is 6.44. The number of methoxy groups -OCH3 is 1. The molecule has 138 valence electrons. The zero-order valence-corrected chi connectivity index (χ0v) is 16.5. The SMILES string of the molecule is COc1cc(NC(=S)N(Cc2ccccc2)Cc2ccccc2)ccc1C. The monoisotopic (exact) mass is 376 g/mol. The average Bonchev–Trinajstić information content (AvgIpc) is 2.70. The van der Waals surface area contributed by atoms with Crippen molar-refractivity contribution in [2.45, 2.75) is 20.0 Å². The lowest BCUT2D eigenvalue weighted by atomic mass is 10.1. The summed E-state index contributed by atoms with van der Waals surface area (Å²) in [5, 5.41) is 4.05. The number of hydrogen-bond donors (Lipinski definition) is 1. The second kappa shape index (κ2) is 9.19. The van der Waals surface area contributed by atoms with Crippen molar-refractivity contribution in [3.05, 3.63) is 95.6 Å². The minimum atomic E-state index is 0.689. The summed E-state index contributed by atoms with van der Waals surface area (Å²) < 4.78 is 5.42. The first-order valence-corrected chi connectivity index (χ1v) is 9.35. The number of anilines is 1. The van der Waals surface area contributed by atoms with Crippen molar-refractivity contribution in [1.82, 2.24) is 4.90 Å². The third-order valence-electron chi connectivity index (χ3n) is 4.38. The van der Waals surface area contributed by atoms with Crippen LogP contribution in [0, 0.1) is 6.92 Å². The number of benzene rings is 3. The first kappa shape index (κ1) is 18.9. The third kappa shape index (κ3) is 5.31. The predicted octanol–water partition coefficient (Wildman–Crippen LogP) is 5.40. The molecule has 0 saturated heterocycles. The molecule has 27 heavy (non-hydrogen) atoms. The summed E-state index contributed by atoms with van der Waals surface area (Å²) in [6.45, 7) is 3.51. The third-order valence-corrected chi connectivity index (χ3v) is 4.74. The normalized spacial score (nSPS) is 10.3. The molecule has 0 saturated carbocycles.